The van der Waals surface area contributed by atoms with Gasteiger partial charge < -0.3 is 24.3 Å². The third-order valence-corrected chi connectivity index (χ3v) is 5.32. The van der Waals surface area contributed by atoms with Crippen LogP contribution in [0.15, 0.2) is 42.5 Å². The van der Waals surface area contributed by atoms with Crippen LogP contribution >= 0.6 is 23.2 Å². The minimum absolute atomic E-state index is 0.0343. The van der Waals surface area contributed by atoms with E-state index in [1.54, 1.807) is 31.2 Å². The summed E-state index contributed by atoms with van der Waals surface area (Å²) in [5.74, 6) is 0.124. The van der Waals surface area contributed by atoms with Crippen LogP contribution < -0.4 is 19.5 Å². The Morgan fingerprint density at radius 3 is 2.15 bits per heavy atom. The Morgan fingerprint density at radius 1 is 0.971 bits per heavy atom. The third-order valence-electron chi connectivity index (χ3n) is 4.62. The number of esters is 1. The number of carbonyl (C=O) groups excluding carboxylic acids is 1. The van der Waals surface area contributed by atoms with Gasteiger partial charge in [-0.2, -0.15) is 9.97 Å². The van der Waals surface area contributed by atoms with Crippen molar-refractivity contribution in [2.45, 2.75) is 19.4 Å². The van der Waals surface area contributed by atoms with Crippen molar-refractivity contribution in [3.8, 4) is 17.8 Å². The molecule has 0 aliphatic rings. The van der Waals surface area contributed by atoms with Gasteiger partial charge in [-0.25, -0.2) is 4.79 Å². The van der Waals surface area contributed by atoms with Crippen molar-refractivity contribution in [1.82, 2.24) is 15.0 Å². The highest BCUT2D eigenvalue weighted by Crippen LogP contribution is 2.27. The van der Waals surface area contributed by atoms with E-state index in [0.29, 0.717) is 22.2 Å². The number of anilines is 1. The van der Waals surface area contributed by atoms with E-state index in [-0.39, 0.29) is 31.2 Å². The van der Waals surface area contributed by atoms with Crippen LogP contribution in [-0.4, -0.2) is 54.4 Å². The summed E-state index contributed by atoms with van der Waals surface area (Å²) in [5, 5.41) is 4.12. The topological polar surface area (TPSA) is 105 Å². The van der Waals surface area contributed by atoms with Crippen LogP contribution in [0.1, 0.15) is 18.1 Å². The van der Waals surface area contributed by atoms with Crippen molar-refractivity contribution in [2.75, 3.05) is 32.8 Å². The number of hydrogen-bond acceptors (Lipinski definition) is 9. The highest BCUT2D eigenvalue weighted by atomic mass is 35.5. The molecule has 0 saturated carbocycles. The van der Waals surface area contributed by atoms with Gasteiger partial charge in [0.25, 0.3) is 0 Å². The van der Waals surface area contributed by atoms with Gasteiger partial charge in [0, 0.05) is 16.5 Å². The third kappa shape index (κ3) is 6.85. The Labute approximate surface area is 207 Å². The number of rotatable bonds is 11. The van der Waals surface area contributed by atoms with Crippen LogP contribution in [0.5, 0.6) is 17.8 Å². The number of ether oxygens (including phenoxy) is 4. The largest absolute Gasteiger partial charge is 0.491 e. The molecule has 180 valence electrons. The zero-order chi connectivity index (χ0) is 24.5. The minimum Gasteiger partial charge on any atom is -0.491 e. The molecule has 0 fully saturated rings. The number of halogens is 2. The fraction of sp³-hybridized carbons (Fsp3) is 0.304. The van der Waals surface area contributed by atoms with Gasteiger partial charge in [0.15, 0.2) is 6.04 Å². The Kier molecular flexibility index (Phi) is 9.12. The van der Waals surface area contributed by atoms with E-state index in [4.69, 9.17) is 42.1 Å². The molecular formula is C23H24Cl2N4O5. The summed E-state index contributed by atoms with van der Waals surface area (Å²) in [4.78, 5) is 24.6. The molecule has 9 nitrogen and oxygen atoms in total. The number of aromatic nitrogens is 3. The van der Waals surface area contributed by atoms with Gasteiger partial charge in [0.05, 0.1) is 20.8 Å². The molecule has 0 saturated heterocycles. The molecule has 0 bridgehead atoms. The highest BCUT2D eigenvalue weighted by molar-refractivity contribution is 6.36. The van der Waals surface area contributed by atoms with Crippen molar-refractivity contribution in [3.63, 3.8) is 0 Å². The number of nitrogens with one attached hydrogen (secondary N) is 1. The molecule has 3 rings (SSSR count). The van der Waals surface area contributed by atoms with Crippen LogP contribution in [0.3, 0.4) is 0 Å². The first-order valence-electron chi connectivity index (χ1n) is 10.3. The number of nitrogens with zero attached hydrogens (tertiary/aromatic N) is 3. The summed E-state index contributed by atoms with van der Waals surface area (Å²) in [6, 6.07) is 12.0. The second-order valence-corrected chi connectivity index (χ2v) is 7.73. The zero-order valence-corrected chi connectivity index (χ0v) is 20.4. The molecular weight excluding hydrogens is 483 g/mol. The number of benzene rings is 2. The summed E-state index contributed by atoms with van der Waals surface area (Å²) >= 11 is 12.5. The molecule has 3 aromatic rings. The summed E-state index contributed by atoms with van der Waals surface area (Å²) in [6.07, 6.45) is 0.578. The summed E-state index contributed by atoms with van der Waals surface area (Å²) in [6.45, 7) is 1.89. The number of methoxy groups -OCH3 is 2. The molecule has 1 N–H and O–H groups in total. The van der Waals surface area contributed by atoms with Gasteiger partial charge >= 0.3 is 18.0 Å². The lowest BCUT2D eigenvalue weighted by Gasteiger charge is -2.18. The molecule has 1 atom stereocenters. The minimum atomic E-state index is -0.890. The molecule has 1 aromatic heterocycles. The predicted molar refractivity (Wildman–Crippen MR) is 128 cm³/mol. The van der Waals surface area contributed by atoms with Crippen LogP contribution in [0.2, 0.25) is 10.0 Å². The normalized spacial score (nSPS) is 11.4. The summed E-state index contributed by atoms with van der Waals surface area (Å²) in [5.41, 5.74) is 1.86. The zero-order valence-electron chi connectivity index (χ0n) is 18.9. The maximum absolute atomic E-state index is 12.5. The first-order chi connectivity index (χ1) is 16.4. The first-order valence-corrected chi connectivity index (χ1v) is 11.1. The average molecular weight is 507 g/mol. The molecule has 1 heterocycles. The van der Waals surface area contributed by atoms with Gasteiger partial charge in [0.1, 0.15) is 12.4 Å². The monoisotopic (exact) mass is 506 g/mol. The van der Waals surface area contributed by atoms with Crippen LogP contribution in [0.4, 0.5) is 5.95 Å². The molecule has 11 heteroatoms. The Morgan fingerprint density at radius 2 is 1.59 bits per heavy atom. The van der Waals surface area contributed by atoms with Crippen molar-refractivity contribution in [3.05, 3.63) is 63.6 Å². The lowest BCUT2D eigenvalue weighted by atomic mass is 10.0. The van der Waals surface area contributed by atoms with Crippen molar-refractivity contribution < 1.29 is 23.7 Å². The van der Waals surface area contributed by atoms with Gasteiger partial charge in [0.2, 0.25) is 5.95 Å². The molecule has 2 aromatic carbocycles. The second kappa shape index (κ2) is 12.2. The molecule has 0 spiro atoms. The summed E-state index contributed by atoms with van der Waals surface area (Å²) < 4.78 is 21.0. The molecule has 0 aliphatic carbocycles. The Bertz CT molecular complexity index is 1070. The summed E-state index contributed by atoms with van der Waals surface area (Å²) in [7, 11) is 2.82. The molecule has 34 heavy (non-hydrogen) atoms. The fourth-order valence-electron chi connectivity index (χ4n) is 2.94. The number of hydrogen-bond donors (Lipinski definition) is 1. The van der Waals surface area contributed by atoms with Crippen LogP contribution in [-0.2, 0) is 16.0 Å². The molecule has 0 aliphatic heterocycles. The van der Waals surface area contributed by atoms with E-state index >= 15 is 0 Å². The van der Waals surface area contributed by atoms with Crippen molar-refractivity contribution in [1.29, 1.82) is 0 Å². The maximum atomic E-state index is 12.5. The van der Waals surface area contributed by atoms with E-state index in [1.165, 1.54) is 14.2 Å². The van der Waals surface area contributed by atoms with E-state index in [9.17, 15) is 4.79 Å². The van der Waals surface area contributed by atoms with E-state index in [1.807, 2.05) is 18.2 Å². The highest BCUT2D eigenvalue weighted by Gasteiger charge is 2.23. The molecule has 0 radical (unpaired) electrons. The quantitative estimate of drug-likeness (QED) is 0.382. The van der Waals surface area contributed by atoms with Gasteiger partial charge in [-0.05, 0) is 42.3 Å². The van der Waals surface area contributed by atoms with Crippen LogP contribution in [0, 0.1) is 0 Å². The van der Waals surface area contributed by atoms with E-state index in [0.717, 1.165) is 11.1 Å². The fourth-order valence-corrected chi connectivity index (χ4v) is 3.47. The second-order valence-electron chi connectivity index (χ2n) is 6.91. The average Bonchev–Trinajstić information content (AvgIpc) is 2.84. The first kappa shape index (κ1) is 25.3. The molecule has 1 unspecified atom stereocenters. The Hall–Kier alpha value is -3.30. The SMILES string of the molecule is CCOC(=O)C(COc1ccc(Cc2c(Cl)cccc2Cl)cc1)Nc1nc(OC)nc(OC)n1. The van der Waals surface area contributed by atoms with Crippen molar-refractivity contribution >= 4 is 35.1 Å². The van der Waals surface area contributed by atoms with E-state index in [2.05, 4.69) is 20.3 Å². The van der Waals surface area contributed by atoms with E-state index < -0.39 is 12.0 Å². The van der Waals surface area contributed by atoms with Gasteiger partial charge in [-0.15, -0.1) is 4.98 Å². The smallest absolute Gasteiger partial charge is 0.332 e. The number of carbonyl (C=O) groups is 1. The van der Waals surface area contributed by atoms with Gasteiger partial charge in [-0.1, -0.05) is 41.4 Å². The van der Waals surface area contributed by atoms with Gasteiger partial charge in [-0.3, -0.25) is 0 Å². The standard InChI is InChI=1S/C23H24Cl2N4O5/c1-4-33-20(30)19(26-21-27-22(31-2)29-23(28-21)32-3)13-34-15-10-8-14(9-11-15)12-16-17(24)6-5-7-18(16)25/h5-11,19H,4,12-13H2,1-3H3,(H,26,27,28,29). The Balaban J connectivity index is 1.69. The lowest BCUT2D eigenvalue weighted by molar-refractivity contribution is -0.144. The lowest BCUT2D eigenvalue weighted by Crippen LogP contribution is -2.37. The van der Waals surface area contributed by atoms with Crippen molar-refractivity contribution in [2.24, 2.45) is 0 Å². The predicted octanol–water partition coefficient (Wildman–Crippen LogP) is 4.21. The maximum Gasteiger partial charge on any atom is 0.332 e. The molecule has 0 amide bonds. The van der Waals surface area contributed by atoms with Crippen LogP contribution in [0.25, 0.3) is 0 Å².